The van der Waals surface area contributed by atoms with Gasteiger partial charge in [-0.3, -0.25) is 4.79 Å². The third kappa shape index (κ3) is 42.7. The summed E-state index contributed by atoms with van der Waals surface area (Å²) in [5.41, 5.74) is 0. The average Bonchev–Trinajstić information content (AvgIpc) is 3.23. The molecule has 1 amide bonds. The highest BCUT2D eigenvalue weighted by Gasteiger charge is 2.22. The summed E-state index contributed by atoms with van der Waals surface area (Å²) in [6.07, 6.45) is 62.1. The molecule has 0 fully saturated rings. The second-order valence-electron chi connectivity index (χ2n) is 17.7. The van der Waals surface area contributed by atoms with Crippen LogP contribution in [0.25, 0.3) is 0 Å². The van der Waals surface area contributed by atoms with Gasteiger partial charge < -0.3 is 20.6 Å². The van der Waals surface area contributed by atoms with Crippen molar-refractivity contribution < 1.29 is 20.1 Å². The Morgan fingerprint density at radius 1 is 0.414 bits per heavy atom. The number of carbonyl (C=O) groups is 1. The summed E-state index contributed by atoms with van der Waals surface area (Å²) in [5.74, 6) is -0.513. The summed E-state index contributed by atoms with van der Waals surface area (Å²) < 4.78 is 0. The van der Waals surface area contributed by atoms with Crippen LogP contribution in [0.15, 0.2) is 36.5 Å². The number of rotatable bonds is 47. The highest BCUT2D eigenvalue weighted by molar-refractivity contribution is 5.80. The lowest BCUT2D eigenvalue weighted by Gasteiger charge is -2.21. The first-order valence-electron chi connectivity index (χ1n) is 25.8. The summed E-state index contributed by atoms with van der Waals surface area (Å²) in [6.45, 7) is 4.18. The van der Waals surface area contributed by atoms with Crippen molar-refractivity contribution in [1.82, 2.24) is 5.32 Å². The Morgan fingerprint density at radius 3 is 1.05 bits per heavy atom. The van der Waals surface area contributed by atoms with Crippen molar-refractivity contribution in [3.05, 3.63) is 36.5 Å². The topological polar surface area (TPSA) is 89.8 Å². The van der Waals surface area contributed by atoms with Crippen LogP contribution in [-0.4, -0.2) is 46.1 Å². The van der Waals surface area contributed by atoms with E-state index in [9.17, 15) is 20.1 Å². The van der Waals surface area contributed by atoms with Gasteiger partial charge in [-0.05, 0) is 44.9 Å². The predicted octanol–water partition coefficient (Wildman–Crippen LogP) is 15.5. The van der Waals surface area contributed by atoms with E-state index in [4.69, 9.17) is 0 Å². The van der Waals surface area contributed by atoms with Crippen LogP contribution >= 0.6 is 0 Å². The van der Waals surface area contributed by atoms with Crippen LogP contribution in [0, 0.1) is 0 Å². The van der Waals surface area contributed by atoms with E-state index in [0.717, 1.165) is 44.9 Å². The summed E-state index contributed by atoms with van der Waals surface area (Å²) in [7, 11) is 0. The maximum Gasteiger partial charge on any atom is 0.249 e. The molecule has 58 heavy (non-hydrogen) atoms. The highest BCUT2D eigenvalue weighted by atomic mass is 16.3. The van der Waals surface area contributed by atoms with Crippen LogP contribution in [0.4, 0.5) is 0 Å². The molecule has 0 aromatic heterocycles. The number of allylic oxidation sites excluding steroid dienone is 5. The lowest BCUT2D eigenvalue weighted by molar-refractivity contribution is -0.131. The van der Waals surface area contributed by atoms with Gasteiger partial charge in [0.25, 0.3) is 0 Å². The molecule has 0 radical (unpaired) electrons. The summed E-state index contributed by atoms with van der Waals surface area (Å²) in [6, 6.07) is -0.819. The van der Waals surface area contributed by atoms with Crippen LogP contribution in [0.2, 0.25) is 0 Å². The Bertz CT molecular complexity index is 901. The van der Waals surface area contributed by atoms with Gasteiger partial charge in [-0.2, -0.15) is 0 Å². The molecule has 0 heterocycles. The highest BCUT2D eigenvalue weighted by Crippen LogP contribution is 2.17. The first kappa shape index (κ1) is 56.6. The fraction of sp³-hybridized carbons (Fsp3) is 0.868. The fourth-order valence-electron chi connectivity index (χ4n) is 7.92. The van der Waals surface area contributed by atoms with Gasteiger partial charge in [0.15, 0.2) is 0 Å². The summed E-state index contributed by atoms with van der Waals surface area (Å²) in [5, 5.41) is 33.2. The first-order valence-corrected chi connectivity index (χ1v) is 25.8. The molecule has 0 aromatic rings. The van der Waals surface area contributed by atoms with E-state index in [1.807, 2.05) is 6.08 Å². The number of nitrogens with one attached hydrogen (secondary N) is 1. The van der Waals surface area contributed by atoms with Gasteiger partial charge in [0.05, 0.1) is 18.8 Å². The summed E-state index contributed by atoms with van der Waals surface area (Å²) in [4.78, 5) is 12.5. The average molecular weight is 816 g/mol. The van der Waals surface area contributed by atoms with Gasteiger partial charge in [-0.15, -0.1) is 0 Å². The largest absolute Gasteiger partial charge is 0.394 e. The smallest absolute Gasteiger partial charge is 0.249 e. The second-order valence-corrected chi connectivity index (χ2v) is 17.7. The number of unbranched alkanes of at least 4 members (excludes halogenated alkanes) is 35. The maximum atomic E-state index is 12.5. The molecule has 0 bridgehead atoms. The number of aliphatic hydroxyl groups is 3. The Labute approximate surface area is 362 Å². The molecule has 0 aliphatic carbocycles. The van der Waals surface area contributed by atoms with Crippen molar-refractivity contribution >= 4 is 5.91 Å². The van der Waals surface area contributed by atoms with Crippen molar-refractivity contribution in [2.75, 3.05) is 6.61 Å². The lowest BCUT2D eigenvalue weighted by Crippen LogP contribution is -2.48. The Hall–Kier alpha value is -1.43. The van der Waals surface area contributed by atoms with Crippen LogP contribution in [0.3, 0.4) is 0 Å². The standard InChI is InChI=1S/C53H101NO4/c1-3-5-7-9-11-13-15-17-19-21-22-23-24-25-26-27-28-29-30-31-32-34-36-38-40-42-44-46-48-52(57)53(58)54-50(49-55)51(56)47-45-43-41-39-37-35-33-20-18-16-14-12-10-8-6-4-2/h18,20,37,39,45,47,50-52,55-57H,3-17,19,21-36,38,40-44,46,48-49H2,1-2H3,(H,54,58)/b20-18+,39-37+,47-45+. The molecule has 0 saturated carbocycles. The quantitative estimate of drug-likeness (QED) is 0.0364. The number of amides is 1. The molecule has 0 spiro atoms. The van der Waals surface area contributed by atoms with Gasteiger partial charge in [0.1, 0.15) is 6.10 Å². The molecule has 0 aliphatic heterocycles. The maximum absolute atomic E-state index is 12.5. The monoisotopic (exact) mass is 816 g/mol. The van der Waals surface area contributed by atoms with Gasteiger partial charge >= 0.3 is 0 Å². The third-order valence-corrected chi connectivity index (χ3v) is 12.0. The van der Waals surface area contributed by atoms with E-state index in [-0.39, 0.29) is 6.61 Å². The van der Waals surface area contributed by atoms with Crippen molar-refractivity contribution in [1.29, 1.82) is 0 Å². The molecule has 4 N–H and O–H groups in total. The van der Waals surface area contributed by atoms with E-state index in [1.165, 1.54) is 205 Å². The number of aliphatic hydroxyl groups excluding tert-OH is 3. The minimum Gasteiger partial charge on any atom is -0.394 e. The Balaban J connectivity index is 3.58. The molecule has 5 nitrogen and oxygen atoms in total. The van der Waals surface area contributed by atoms with Crippen LogP contribution in [-0.2, 0) is 4.79 Å². The van der Waals surface area contributed by atoms with Crippen molar-refractivity contribution in [2.45, 2.75) is 289 Å². The zero-order valence-corrected chi connectivity index (χ0v) is 38.9. The Morgan fingerprint density at radius 2 is 0.707 bits per heavy atom. The SMILES string of the molecule is CCCCCCCC/C=C/CC/C=C/CC/C=C/C(O)C(CO)NC(=O)C(O)CCCCCCCCCCCCCCCCCCCCCCCCCCCCCC. The molecule has 0 rings (SSSR count). The van der Waals surface area contributed by atoms with E-state index >= 15 is 0 Å². The van der Waals surface area contributed by atoms with E-state index in [1.54, 1.807) is 6.08 Å². The van der Waals surface area contributed by atoms with Crippen molar-refractivity contribution in [3.8, 4) is 0 Å². The fourth-order valence-corrected chi connectivity index (χ4v) is 7.92. The normalized spacial score (nSPS) is 13.7. The molecular formula is C53H101NO4. The van der Waals surface area contributed by atoms with Gasteiger partial charge in [-0.25, -0.2) is 0 Å². The molecule has 3 unspecified atom stereocenters. The zero-order valence-electron chi connectivity index (χ0n) is 38.9. The van der Waals surface area contributed by atoms with E-state index < -0.39 is 24.2 Å². The van der Waals surface area contributed by atoms with E-state index in [2.05, 4.69) is 43.5 Å². The lowest BCUT2D eigenvalue weighted by atomic mass is 10.0. The molecule has 5 heteroatoms. The zero-order chi connectivity index (χ0) is 42.3. The van der Waals surface area contributed by atoms with Gasteiger partial charge in [0, 0.05) is 0 Å². The molecule has 0 aliphatic rings. The Kier molecular flexibility index (Phi) is 47.0. The minimum atomic E-state index is -1.11. The van der Waals surface area contributed by atoms with Crippen molar-refractivity contribution in [3.63, 3.8) is 0 Å². The van der Waals surface area contributed by atoms with Crippen LogP contribution < -0.4 is 5.32 Å². The molecule has 0 aromatic carbocycles. The van der Waals surface area contributed by atoms with Crippen LogP contribution in [0.5, 0.6) is 0 Å². The minimum absolute atomic E-state index is 0.379. The summed E-state index contributed by atoms with van der Waals surface area (Å²) >= 11 is 0. The molecule has 3 atom stereocenters. The molecule has 0 saturated heterocycles. The number of hydrogen-bond donors (Lipinski definition) is 4. The first-order chi connectivity index (χ1) is 28.6. The predicted molar refractivity (Wildman–Crippen MR) is 254 cm³/mol. The number of carbonyl (C=O) groups excluding carboxylic acids is 1. The molecule has 342 valence electrons. The van der Waals surface area contributed by atoms with E-state index in [0.29, 0.717) is 6.42 Å². The van der Waals surface area contributed by atoms with Crippen molar-refractivity contribution in [2.24, 2.45) is 0 Å². The van der Waals surface area contributed by atoms with Gasteiger partial charge in [-0.1, -0.05) is 262 Å². The second kappa shape index (κ2) is 48.2. The number of hydrogen-bond acceptors (Lipinski definition) is 4. The van der Waals surface area contributed by atoms with Crippen LogP contribution in [0.1, 0.15) is 271 Å². The third-order valence-electron chi connectivity index (χ3n) is 12.0. The van der Waals surface area contributed by atoms with Gasteiger partial charge in [0.2, 0.25) is 5.91 Å². The molecular weight excluding hydrogens is 715 g/mol.